The predicted octanol–water partition coefficient (Wildman–Crippen LogP) is 3.78. The molecule has 1 aromatic heterocycles. The van der Waals surface area contributed by atoms with Crippen LogP contribution in [-0.2, 0) is 12.5 Å². The summed E-state index contributed by atoms with van der Waals surface area (Å²) in [5.41, 5.74) is 1.73. The van der Waals surface area contributed by atoms with Gasteiger partial charge in [0.25, 0.3) is 5.69 Å². The van der Waals surface area contributed by atoms with Crippen LogP contribution >= 0.6 is 0 Å². The first-order chi connectivity index (χ1) is 9.75. The fourth-order valence-corrected chi connectivity index (χ4v) is 2.70. The number of benzene rings is 1. The molecule has 0 aliphatic rings. The van der Waals surface area contributed by atoms with Crippen LogP contribution < -0.4 is 0 Å². The van der Waals surface area contributed by atoms with Crippen molar-refractivity contribution in [2.45, 2.75) is 39.0 Å². The maximum Gasteiger partial charge on any atom is 0.269 e. The standard InChI is InChI=1S/C16H21N3O2/c1-11(2)15-17-10-14(18(15)5)16(3,4)12-7-6-8-13(9-12)19(20)21/h6-11H,1-5H3. The van der Waals surface area contributed by atoms with Crippen molar-refractivity contribution >= 4 is 5.69 Å². The number of hydrogen-bond acceptors (Lipinski definition) is 3. The summed E-state index contributed by atoms with van der Waals surface area (Å²) in [5.74, 6) is 1.35. The van der Waals surface area contributed by atoms with Crippen molar-refractivity contribution < 1.29 is 4.92 Å². The van der Waals surface area contributed by atoms with Crippen LogP contribution in [-0.4, -0.2) is 14.5 Å². The Kier molecular flexibility index (Phi) is 3.85. The zero-order chi connectivity index (χ0) is 15.8. The summed E-state index contributed by atoms with van der Waals surface area (Å²) in [7, 11) is 2.00. The molecule has 0 aliphatic heterocycles. The van der Waals surface area contributed by atoms with E-state index in [0.29, 0.717) is 5.92 Å². The van der Waals surface area contributed by atoms with Gasteiger partial charge in [0.1, 0.15) is 5.82 Å². The van der Waals surface area contributed by atoms with Crippen LogP contribution in [0, 0.1) is 10.1 Å². The van der Waals surface area contributed by atoms with Crippen LogP contribution in [0.15, 0.2) is 30.5 Å². The van der Waals surface area contributed by atoms with Crippen LogP contribution in [0.1, 0.15) is 50.7 Å². The Balaban J connectivity index is 2.51. The summed E-state index contributed by atoms with van der Waals surface area (Å²) in [6.45, 7) is 8.33. The number of aromatic nitrogens is 2. The fraction of sp³-hybridized carbons (Fsp3) is 0.438. The molecule has 0 amide bonds. The van der Waals surface area contributed by atoms with Gasteiger partial charge in [-0.15, -0.1) is 0 Å². The average Bonchev–Trinajstić information content (AvgIpc) is 2.81. The van der Waals surface area contributed by atoms with Gasteiger partial charge in [0.2, 0.25) is 0 Å². The average molecular weight is 287 g/mol. The highest BCUT2D eigenvalue weighted by atomic mass is 16.6. The normalized spacial score (nSPS) is 11.9. The highest BCUT2D eigenvalue weighted by Crippen LogP contribution is 2.34. The SMILES string of the molecule is CC(C)c1ncc(C(C)(C)c2cccc([N+](=O)[O-])c2)n1C. The Bertz CT molecular complexity index is 672. The van der Waals surface area contributed by atoms with Crippen molar-refractivity contribution in [1.82, 2.24) is 9.55 Å². The fourth-order valence-electron chi connectivity index (χ4n) is 2.70. The Morgan fingerprint density at radius 1 is 1.33 bits per heavy atom. The molecule has 2 aromatic rings. The Morgan fingerprint density at radius 2 is 2.00 bits per heavy atom. The highest BCUT2D eigenvalue weighted by Gasteiger charge is 2.29. The van der Waals surface area contributed by atoms with E-state index in [4.69, 9.17) is 0 Å². The van der Waals surface area contributed by atoms with Gasteiger partial charge in [-0.05, 0) is 5.56 Å². The molecule has 112 valence electrons. The molecule has 5 heteroatoms. The molecule has 1 heterocycles. The minimum atomic E-state index is -0.359. The summed E-state index contributed by atoms with van der Waals surface area (Å²) in [6.07, 6.45) is 1.87. The van der Waals surface area contributed by atoms with Crippen LogP contribution in [0.5, 0.6) is 0 Å². The molecule has 0 saturated carbocycles. The first-order valence-corrected chi connectivity index (χ1v) is 7.02. The third-order valence-corrected chi connectivity index (χ3v) is 3.96. The zero-order valence-electron chi connectivity index (χ0n) is 13.1. The van der Waals surface area contributed by atoms with Crippen LogP contribution in [0.2, 0.25) is 0 Å². The van der Waals surface area contributed by atoms with Gasteiger partial charge in [-0.25, -0.2) is 4.98 Å². The second-order valence-electron chi connectivity index (χ2n) is 6.15. The molecule has 2 rings (SSSR count). The quantitative estimate of drug-likeness (QED) is 0.635. The van der Waals surface area contributed by atoms with Crippen molar-refractivity contribution in [1.29, 1.82) is 0 Å². The second-order valence-corrected chi connectivity index (χ2v) is 6.15. The van der Waals surface area contributed by atoms with Gasteiger partial charge < -0.3 is 4.57 Å². The third-order valence-electron chi connectivity index (χ3n) is 3.96. The molecule has 0 fully saturated rings. The van der Waals surface area contributed by atoms with Crippen molar-refractivity contribution in [3.05, 3.63) is 57.7 Å². The molecule has 0 atom stereocenters. The van der Waals surface area contributed by atoms with E-state index in [9.17, 15) is 10.1 Å². The van der Waals surface area contributed by atoms with E-state index in [-0.39, 0.29) is 16.0 Å². The molecule has 0 aliphatic carbocycles. The third kappa shape index (κ3) is 2.68. The van der Waals surface area contributed by atoms with E-state index in [1.165, 1.54) is 6.07 Å². The van der Waals surface area contributed by atoms with Crippen LogP contribution in [0.25, 0.3) is 0 Å². The summed E-state index contributed by atoms with van der Waals surface area (Å²) in [5, 5.41) is 11.0. The molecular weight excluding hydrogens is 266 g/mol. The van der Waals surface area contributed by atoms with E-state index in [1.54, 1.807) is 12.1 Å². The van der Waals surface area contributed by atoms with Gasteiger partial charge in [0.15, 0.2) is 0 Å². The molecule has 0 unspecified atom stereocenters. The lowest BCUT2D eigenvalue weighted by molar-refractivity contribution is -0.384. The Labute approximate surface area is 124 Å². The molecule has 0 saturated heterocycles. The van der Waals surface area contributed by atoms with Gasteiger partial charge >= 0.3 is 0 Å². The lowest BCUT2D eigenvalue weighted by Gasteiger charge is -2.26. The Morgan fingerprint density at radius 3 is 2.52 bits per heavy atom. The lowest BCUT2D eigenvalue weighted by Crippen LogP contribution is -2.23. The van der Waals surface area contributed by atoms with Gasteiger partial charge in [0, 0.05) is 42.4 Å². The minimum absolute atomic E-state index is 0.117. The smallest absolute Gasteiger partial charge is 0.269 e. The molecule has 0 bridgehead atoms. The number of nitro groups is 1. The topological polar surface area (TPSA) is 61.0 Å². The van der Waals surface area contributed by atoms with Crippen molar-refractivity contribution in [3.8, 4) is 0 Å². The first kappa shape index (κ1) is 15.2. The molecule has 5 nitrogen and oxygen atoms in total. The lowest BCUT2D eigenvalue weighted by atomic mass is 9.81. The van der Waals surface area contributed by atoms with Crippen molar-refractivity contribution in [3.63, 3.8) is 0 Å². The monoisotopic (exact) mass is 287 g/mol. The zero-order valence-corrected chi connectivity index (χ0v) is 13.1. The summed E-state index contributed by atoms with van der Waals surface area (Å²) >= 11 is 0. The maximum absolute atomic E-state index is 11.0. The number of hydrogen-bond donors (Lipinski definition) is 0. The van der Waals surface area contributed by atoms with E-state index in [1.807, 2.05) is 19.3 Å². The molecule has 0 N–H and O–H groups in total. The summed E-state index contributed by atoms with van der Waals surface area (Å²) in [4.78, 5) is 15.1. The van der Waals surface area contributed by atoms with E-state index in [2.05, 4.69) is 37.2 Å². The molecule has 0 spiro atoms. The van der Waals surface area contributed by atoms with Crippen LogP contribution in [0.3, 0.4) is 0 Å². The van der Waals surface area contributed by atoms with E-state index in [0.717, 1.165) is 17.1 Å². The second kappa shape index (κ2) is 5.31. The Hall–Kier alpha value is -2.17. The summed E-state index contributed by atoms with van der Waals surface area (Å²) in [6, 6.07) is 6.81. The number of nitro benzene ring substituents is 1. The van der Waals surface area contributed by atoms with E-state index < -0.39 is 0 Å². The molecular formula is C16H21N3O2. The van der Waals surface area contributed by atoms with Gasteiger partial charge in [-0.2, -0.15) is 0 Å². The maximum atomic E-state index is 11.0. The van der Waals surface area contributed by atoms with E-state index >= 15 is 0 Å². The molecule has 1 aromatic carbocycles. The number of non-ortho nitro benzene ring substituents is 1. The first-order valence-electron chi connectivity index (χ1n) is 7.02. The van der Waals surface area contributed by atoms with Crippen molar-refractivity contribution in [2.75, 3.05) is 0 Å². The van der Waals surface area contributed by atoms with Gasteiger partial charge in [-0.3, -0.25) is 10.1 Å². The number of nitrogens with zero attached hydrogens (tertiary/aromatic N) is 3. The largest absolute Gasteiger partial charge is 0.334 e. The van der Waals surface area contributed by atoms with Crippen LogP contribution in [0.4, 0.5) is 5.69 Å². The molecule has 21 heavy (non-hydrogen) atoms. The summed E-state index contributed by atoms with van der Waals surface area (Å²) < 4.78 is 2.09. The number of rotatable bonds is 4. The molecule has 0 radical (unpaired) electrons. The number of imidazole rings is 1. The minimum Gasteiger partial charge on any atom is -0.334 e. The highest BCUT2D eigenvalue weighted by molar-refractivity contribution is 5.42. The van der Waals surface area contributed by atoms with Crippen molar-refractivity contribution in [2.24, 2.45) is 7.05 Å². The predicted molar refractivity (Wildman–Crippen MR) is 82.5 cm³/mol. The van der Waals surface area contributed by atoms with Gasteiger partial charge in [0.05, 0.1) is 4.92 Å². The van der Waals surface area contributed by atoms with Gasteiger partial charge in [-0.1, -0.05) is 39.8 Å².